The number of aliphatic hydroxyl groups excluding tert-OH is 1. The first kappa shape index (κ1) is 29.1. The Morgan fingerprint density at radius 3 is 2.10 bits per heavy atom. The van der Waals surface area contributed by atoms with Crippen molar-refractivity contribution in [2.24, 2.45) is 0 Å². The molecule has 1 fully saturated rings. The van der Waals surface area contributed by atoms with E-state index in [9.17, 15) is 14.7 Å². The molecule has 1 heterocycles. The molecule has 1 atom stereocenters. The first-order valence-corrected chi connectivity index (χ1v) is 14.2. The van der Waals surface area contributed by atoms with Crippen LogP contribution in [0.25, 0.3) is 5.76 Å². The molecule has 0 aliphatic carbocycles. The summed E-state index contributed by atoms with van der Waals surface area (Å²) in [6.45, 7) is 18.6. The Kier molecular flexibility index (Phi) is 8.25. The summed E-state index contributed by atoms with van der Waals surface area (Å²) in [4.78, 5) is 31.2. The van der Waals surface area contributed by atoms with Gasteiger partial charge in [0.25, 0.3) is 11.7 Å². The summed E-state index contributed by atoms with van der Waals surface area (Å²) in [6.07, 6.45) is 0. The Labute approximate surface area is 239 Å². The number of likely N-dealkylation sites (tertiary alicyclic amines) is 1. The van der Waals surface area contributed by atoms with E-state index in [-0.39, 0.29) is 23.3 Å². The van der Waals surface area contributed by atoms with Gasteiger partial charge in [-0.25, -0.2) is 0 Å². The van der Waals surface area contributed by atoms with Crippen molar-refractivity contribution in [2.75, 3.05) is 18.0 Å². The highest BCUT2D eigenvalue weighted by Crippen LogP contribution is 2.42. The van der Waals surface area contributed by atoms with Crippen LogP contribution in [0.3, 0.4) is 0 Å². The maximum atomic E-state index is 13.7. The molecular formula is C35H42N2O3. The number of carbonyl (C=O) groups is 2. The number of ketones is 1. The van der Waals surface area contributed by atoms with Gasteiger partial charge in [-0.2, -0.15) is 0 Å². The number of nitrogens with zero attached hydrogens (tertiary/aromatic N) is 2. The van der Waals surface area contributed by atoms with Crippen LogP contribution in [0.4, 0.5) is 5.69 Å². The zero-order valence-electron chi connectivity index (χ0n) is 25.1. The third kappa shape index (κ3) is 5.56. The number of hydrogen-bond acceptors (Lipinski definition) is 4. The topological polar surface area (TPSA) is 60.9 Å². The molecule has 1 aliphatic rings. The number of anilines is 1. The van der Waals surface area contributed by atoms with Crippen molar-refractivity contribution in [3.8, 4) is 0 Å². The summed E-state index contributed by atoms with van der Waals surface area (Å²) in [6, 6.07) is 19.4. The second kappa shape index (κ2) is 11.3. The molecule has 4 rings (SSSR count). The Hall–Kier alpha value is -3.86. The lowest BCUT2D eigenvalue weighted by molar-refractivity contribution is -0.140. The molecule has 1 unspecified atom stereocenters. The van der Waals surface area contributed by atoms with E-state index in [2.05, 4.69) is 51.7 Å². The summed E-state index contributed by atoms with van der Waals surface area (Å²) >= 11 is 0. The summed E-state index contributed by atoms with van der Waals surface area (Å²) in [5.41, 5.74) is 7.48. The molecule has 0 spiro atoms. The quantitative estimate of drug-likeness (QED) is 0.194. The largest absolute Gasteiger partial charge is 0.507 e. The average Bonchev–Trinajstić information content (AvgIpc) is 3.16. The minimum atomic E-state index is -0.705. The fraction of sp³-hybridized carbons (Fsp3) is 0.371. The van der Waals surface area contributed by atoms with Gasteiger partial charge in [0.1, 0.15) is 5.76 Å². The van der Waals surface area contributed by atoms with Crippen LogP contribution >= 0.6 is 0 Å². The maximum absolute atomic E-state index is 13.7. The van der Waals surface area contributed by atoms with Crippen LogP contribution < -0.4 is 4.90 Å². The summed E-state index contributed by atoms with van der Waals surface area (Å²) in [5.74, 6) is -1.37. The van der Waals surface area contributed by atoms with Crippen molar-refractivity contribution in [1.29, 1.82) is 0 Å². The Balaban J connectivity index is 1.91. The predicted molar refractivity (Wildman–Crippen MR) is 164 cm³/mol. The number of carbonyl (C=O) groups excluding carboxylic acids is 2. The molecule has 3 aromatic rings. The molecule has 40 heavy (non-hydrogen) atoms. The van der Waals surface area contributed by atoms with E-state index < -0.39 is 17.7 Å². The van der Waals surface area contributed by atoms with Crippen LogP contribution in [0.5, 0.6) is 0 Å². The molecule has 5 nitrogen and oxygen atoms in total. The normalized spacial score (nSPS) is 17.0. The van der Waals surface area contributed by atoms with E-state index in [1.54, 1.807) is 4.90 Å². The number of benzene rings is 3. The lowest BCUT2D eigenvalue weighted by atomic mass is 9.84. The molecule has 3 aromatic carbocycles. The molecular weight excluding hydrogens is 496 g/mol. The standard InChI is InChI=1S/C35H42N2O3/c1-9-36(10-2)28-17-14-25(15-18-28)31-30(32(38)29-20-27(35(6,7)8)16-13-24(29)5)33(39)34(40)37(31)21-26-19-22(3)11-12-23(26)4/h11-20,31,38H,9-10,21H2,1-8H3/b32-30+. The lowest BCUT2D eigenvalue weighted by Crippen LogP contribution is -2.29. The monoisotopic (exact) mass is 538 g/mol. The van der Waals surface area contributed by atoms with Crippen LogP contribution in [0.2, 0.25) is 0 Å². The molecule has 0 saturated carbocycles. The molecule has 1 amide bonds. The van der Waals surface area contributed by atoms with Crippen molar-refractivity contribution in [1.82, 2.24) is 4.90 Å². The van der Waals surface area contributed by atoms with Crippen molar-refractivity contribution >= 4 is 23.1 Å². The number of rotatable bonds is 7. The smallest absolute Gasteiger partial charge is 0.295 e. The van der Waals surface area contributed by atoms with E-state index in [0.29, 0.717) is 5.56 Å². The molecule has 0 radical (unpaired) electrons. The van der Waals surface area contributed by atoms with Gasteiger partial charge in [-0.05, 0) is 86.1 Å². The van der Waals surface area contributed by atoms with Crippen LogP contribution in [0, 0.1) is 20.8 Å². The first-order chi connectivity index (χ1) is 18.9. The second-order valence-electron chi connectivity index (χ2n) is 11.9. The zero-order valence-corrected chi connectivity index (χ0v) is 25.1. The SMILES string of the molecule is CCN(CC)c1ccc(C2/C(=C(\O)c3cc(C(C)(C)C)ccc3C)C(=O)C(=O)N2Cc2cc(C)ccc2C)cc1. The van der Waals surface area contributed by atoms with Gasteiger partial charge >= 0.3 is 0 Å². The van der Waals surface area contributed by atoms with Crippen LogP contribution in [-0.4, -0.2) is 34.8 Å². The highest BCUT2D eigenvalue weighted by atomic mass is 16.3. The van der Waals surface area contributed by atoms with Crippen LogP contribution in [-0.2, 0) is 21.5 Å². The Morgan fingerprint density at radius 2 is 1.50 bits per heavy atom. The van der Waals surface area contributed by atoms with Gasteiger partial charge in [0, 0.05) is 30.9 Å². The fourth-order valence-electron chi connectivity index (χ4n) is 5.49. The molecule has 210 valence electrons. The highest BCUT2D eigenvalue weighted by Gasteiger charge is 2.46. The predicted octanol–water partition coefficient (Wildman–Crippen LogP) is 7.38. The molecule has 0 bridgehead atoms. The molecule has 0 aromatic heterocycles. The van der Waals surface area contributed by atoms with Gasteiger partial charge in [0.05, 0.1) is 11.6 Å². The van der Waals surface area contributed by atoms with E-state index in [4.69, 9.17) is 0 Å². The minimum Gasteiger partial charge on any atom is -0.507 e. The molecule has 1 N–H and O–H groups in total. The van der Waals surface area contributed by atoms with E-state index in [1.165, 1.54) is 0 Å². The van der Waals surface area contributed by atoms with Gasteiger partial charge in [-0.15, -0.1) is 0 Å². The Bertz CT molecular complexity index is 1460. The average molecular weight is 539 g/mol. The molecule has 1 aliphatic heterocycles. The van der Waals surface area contributed by atoms with Gasteiger partial charge in [0.2, 0.25) is 0 Å². The number of hydrogen-bond donors (Lipinski definition) is 1. The number of amides is 1. The lowest BCUT2D eigenvalue weighted by Gasteiger charge is -2.27. The Morgan fingerprint density at radius 1 is 0.875 bits per heavy atom. The van der Waals surface area contributed by atoms with Gasteiger partial charge in [-0.3, -0.25) is 9.59 Å². The van der Waals surface area contributed by atoms with Crippen molar-refractivity contribution < 1.29 is 14.7 Å². The minimum absolute atomic E-state index is 0.122. The van der Waals surface area contributed by atoms with Crippen molar-refractivity contribution in [2.45, 2.75) is 73.4 Å². The van der Waals surface area contributed by atoms with Gasteiger partial charge in [-0.1, -0.05) is 68.8 Å². The van der Waals surface area contributed by atoms with Crippen LogP contribution in [0.1, 0.15) is 79.6 Å². The van der Waals surface area contributed by atoms with E-state index in [1.807, 2.05) is 69.3 Å². The van der Waals surface area contributed by atoms with Gasteiger partial charge in [0.15, 0.2) is 0 Å². The zero-order chi connectivity index (χ0) is 29.4. The maximum Gasteiger partial charge on any atom is 0.295 e. The first-order valence-electron chi connectivity index (χ1n) is 14.2. The number of Topliss-reactive ketones (excluding diaryl/α,β-unsaturated/α-hetero) is 1. The second-order valence-corrected chi connectivity index (χ2v) is 11.9. The van der Waals surface area contributed by atoms with Crippen molar-refractivity contribution in [3.05, 3.63) is 105 Å². The highest BCUT2D eigenvalue weighted by molar-refractivity contribution is 6.46. The van der Waals surface area contributed by atoms with Crippen LogP contribution in [0.15, 0.2) is 66.2 Å². The summed E-state index contributed by atoms with van der Waals surface area (Å²) < 4.78 is 0. The van der Waals surface area contributed by atoms with Gasteiger partial charge < -0.3 is 14.9 Å². The molecule has 1 saturated heterocycles. The number of aryl methyl sites for hydroxylation is 3. The molecule has 5 heteroatoms. The fourth-order valence-corrected chi connectivity index (χ4v) is 5.49. The third-order valence-electron chi connectivity index (χ3n) is 8.08. The van der Waals surface area contributed by atoms with E-state index >= 15 is 0 Å². The summed E-state index contributed by atoms with van der Waals surface area (Å²) in [5, 5.41) is 11.8. The van der Waals surface area contributed by atoms with Crippen molar-refractivity contribution in [3.63, 3.8) is 0 Å². The third-order valence-corrected chi connectivity index (χ3v) is 8.08. The summed E-state index contributed by atoms with van der Waals surface area (Å²) in [7, 11) is 0. The number of aliphatic hydroxyl groups is 1. The van der Waals surface area contributed by atoms with E-state index in [0.717, 1.165) is 52.2 Å².